The van der Waals surface area contributed by atoms with Crippen molar-refractivity contribution in [1.29, 1.82) is 0 Å². The van der Waals surface area contributed by atoms with E-state index in [1.54, 1.807) is 7.11 Å². The summed E-state index contributed by atoms with van der Waals surface area (Å²) in [6, 6.07) is 8.49. The summed E-state index contributed by atoms with van der Waals surface area (Å²) in [6.45, 7) is 1.56. The quantitative estimate of drug-likeness (QED) is 0.817. The molecule has 0 spiro atoms. The molecule has 0 bridgehead atoms. The first kappa shape index (κ1) is 10.7. The minimum atomic E-state index is 0.686. The van der Waals surface area contributed by atoms with Crippen LogP contribution >= 0.6 is 11.5 Å². The first-order valence-corrected chi connectivity index (χ1v) is 6.35. The van der Waals surface area contributed by atoms with Crippen LogP contribution in [0.4, 0.5) is 0 Å². The maximum atomic E-state index is 5.43. The molecule has 0 saturated heterocycles. The second kappa shape index (κ2) is 4.47. The van der Waals surface area contributed by atoms with E-state index in [9.17, 15) is 0 Å². The van der Waals surface area contributed by atoms with Crippen molar-refractivity contribution in [2.24, 2.45) is 0 Å². The number of fused-ring (bicyclic) bond motifs is 1. The highest BCUT2D eigenvalue weighted by atomic mass is 32.1. The third-order valence-corrected chi connectivity index (χ3v) is 3.78. The molecule has 1 aromatic heterocycles. The summed E-state index contributed by atoms with van der Waals surface area (Å²) in [5.74, 6) is 0.686. The number of rotatable bonds is 2. The molecule has 0 saturated carbocycles. The van der Waals surface area contributed by atoms with Gasteiger partial charge in [-0.3, -0.25) is 0 Å². The normalized spacial score (nSPS) is 14.4. The predicted octanol–water partition coefficient (Wildman–Crippen LogP) is 2.89. The van der Waals surface area contributed by atoms with Crippen LogP contribution < -0.4 is 4.74 Å². The molecule has 0 fully saturated rings. The summed E-state index contributed by atoms with van der Waals surface area (Å²) in [5, 5.41) is 0. The molecule has 1 aromatic carbocycles. The van der Waals surface area contributed by atoms with Crippen molar-refractivity contribution < 1.29 is 9.47 Å². The van der Waals surface area contributed by atoms with Crippen molar-refractivity contribution in [2.45, 2.75) is 13.0 Å². The molecular weight excluding hydrogens is 234 g/mol. The van der Waals surface area contributed by atoms with E-state index >= 15 is 0 Å². The molecule has 3 nitrogen and oxygen atoms in total. The molecule has 88 valence electrons. The minimum Gasteiger partial charge on any atom is -0.480 e. The van der Waals surface area contributed by atoms with E-state index in [1.807, 2.05) is 6.07 Å². The fraction of sp³-hybridized carbons (Fsp3) is 0.308. The van der Waals surface area contributed by atoms with Gasteiger partial charge in [-0.1, -0.05) is 12.1 Å². The molecule has 1 aliphatic rings. The molecule has 0 unspecified atom stereocenters. The van der Waals surface area contributed by atoms with Crippen molar-refractivity contribution in [3.63, 3.8) is 0 Å². The van der Waals surface area contributed by atoms with Gasteiger partial charge in [0.1, 0.15) is 0 Å². The summed E-state index contributed by atoms with van der Waals surface area (Å²) in [5.41, 5.74) is 3.91. The molecule has 3 rings (SSSR count). The van der Waals surface area contributed by atoms with Crippen molar-refractivity contribution in [3.05, 3.63) is 35.4 Å². The van der Waals surface area contributed by atoms with Crippen LogP contribution in [0.1, 0.15) is 11.1 Å². The van der Waals surface area contributed by atoms with Crippen molar-refractivity contribution in [2.75, 3.05) is 13.7 Å². The lowest BCUT2D eigenvalue weighted by atomic mass is 10.00. The zero-order valence-corrected chi connectivity index (χ0v) is 10.4. The second-order valence-corrected chi connectivity index (χ2v) is 4.82. The first-order chi connectivity index (χ1) is 8.36. The SMILES string of the molecule is COc1cc(-c2ccc3c(c2)CCOC3)sn1. The average molecular weight is 247 g/mol. The summed E-state index contributed by atoms with van der Waals surface area (Å²) < 4.78 is 14.8. The molecule has 2 aromatic rings. The Morgan fingerprint density at radius 1 is 1.29 bits per heavy atom. The van der Waals surface area contributed by atoms with Gasteiger partial charge in [0, 0.05) is 6.07 Å². The molecule has 1 aliphatic heterocycles. The monoisotopic (exact) mass is 247 g/mol. The van der Waals surface area contributed by atoms with Gasteiger partial charge in [0.05, 0.1) is 25.2 Å². The number of nitrogens with zero attached hydrogens (tertiary/aromatic N) is 1. The molecule has 0 radical (unpaired) electrons. The molecule has 0 aliphatic carbocycles. The smallest absolute Gasteiger partial charge is 0.225 e. The van der Waals surface area contributed by atoms with Crippen molar-refractivity contribution >= 4 is 11.5 Å². The first-order valence-electron chi connectivity index (χ1n) is 5.57. The van der Waals surface area contributed by atoms with Gasteiger partial charge in [0.15, 0.2) is 0 Å². The molecule has 0 N–H and O–H groups in total. The van der Waals surface area contributed by atoms with Crippen LogP contribution in [0.5, 0.6) is 5.88 Å². The Labute approximate surface area is 104 Å². The number of hydrogen-bond acceptors (Lipinski definition) is 4. The van der Waals surface area contributed by atoms with Crippen molar-refractivity contribution in [1.82, 2.24) is 4.37 Å². The molecule has 17 heavy (non-hydrogen) atoms. The Balaban J connectivity index is 1.97. The molecule has 2 heterocycles. The van der Waals surface area contributed by atoms with E-state index < -0.39 is 0 Å². The number of methoxy groups -OCH3 is 1. The van der Waals surface area contributed by atoms with Gasteiger partial charge >= 0.3 is 0 Å². The van der Waals surface area contributed by atoms with Gasteiger partial charge in [-0.05, 0) is 40.7 Å². The third kappa shape index (κ3) is 2.06. The standard InChI is InChI=1S/C13H13NO2S/c1-15-13-7-12(17-14-13)10-2-3-11-8-16-5-4-9(11)6-10/h2-3,6-7H,4-5,8H2,1H3. The number of hydrogen-bond donors (Lipinski definition) is 0. The zero-order valence-electron chi connectivity index (χ0n) is 9.60. The lowest BCUT2D eigenvalue weighted by molar-refractivity contribution is 0.111. The third-order valence-electron chi connectivity index (χ3n) is 2.96. The highest BCUT2D eigenvalue weighted by Gasteiger charge is 2.11. The number of ether oxygens (including phenoxy) is 2. The maximum Gasteiger partial charge on any atom is 0.225 e. The molecule has 4 heteroatoms. The van der Waals surface area contributed by atoms with Crippen LogP contribution in [0.25, 0.3) is 10.4 Å². The van der Waals surface area contributed by atoms with Gasteiger partial charge < -0.3 is 9.47 Å². The Hall–Kier alpha value is -1.39. The Bertz CT molecular complexity index is 536. The summed E-state index contributed by atoms with van der Waals surface area (Å²) in [4.78, 5) is 1.15. The van der Waals surface area contributed by atoms with E-state index in [4.69, 9.17) is 9.47 Å². The van der Waals surface area contributed by atoms with E-state index in [2.05, 4.69) is 22.6 Å². The van der Waals surface area contributed by atoms with Crippen LogP contribution in [0.15, 0.2) is 24.3 Å². The van der Waals surface area contributed by atoms with Gasteiger partial charge in [0.2, 0.25) is 5.88 Å². The van der Waals surface area contributed by atoms with Gasteiger partial charge in [-0.25, -0.2) is 0 Å². The zero-order chi connectivity index (χ0) is 11.7. The number of benzene rings is 1. The van der Waals surface area contributed by atoms with Gasteiger partial charge in [-0.15, -0.1) is 0 Å². The topological polar surface area (TPSA) is 31.4 Å². The van der Waals surface area contributed by atoms with Crippen LogP contribution in [0.2, 0.25) is 0 Å². The minimum absolute atomic E-state index is 0.686. The van der Waals surface area contributed by atoms with Gasteiger partial charge in [0.25, 0.3) is 0 Å². The Morgan fingerprint density at radius 2 is 2.24 bits per heavy atom. The predicted molar refractivity (Wildman–Crippen MR) is 67.5 cm³/mol. The summed E-state index contributed by atoms with van der Waals surface area (Å²) >= 11 is 1.47. The Morgan fingerprint density at radius 3 is 3.06 bits per heavy atom. The maximum absolute atomic E-state index is 5.43. The lowest BCUT2D eigenvalue weighted by Crippen LogP contribution is -2.09. The highest BCUT2D eigenvalue weighted by molar-refractivity contribution is 7.09. The van der Waals surface area contributed by atoms with Crippen LogP contribution in [0, 0.1) is 0 Å². The summed E-state index contributed by atoms with van der Waals surface area (Å²) in [7, 11) is 1.64. The average Bonchev–Trinajstić information content (AvgIpc) is 2.87. The number of aromatic nitrogens is 1. The second-order valence-electron chi connectivity index (χ2n) is 4.02. The van der Waals surface area contributed by atoms with E-state index in [-0.39, 0.29) is 0 Å². The van der Waals surface area contributed by atoms with Gasteiger partial charge in [-0.2, -0.15) is 4.37 Å². The molecule has 0 atom stereocenters. The molecule has 0 amide bonds. The molecular formula is C13H13NO2S. The van der Waals surface area contributed by atoms with Crippen LogP contribution in [-0.4, -0.2) is 18.1 Å². The van der Waals surface area contributed by atoms with Crippen LogP contribution in [0.3, 0.4) is 0 Å². The van der Waals surface area contributed by atoms with E-state index in [0.29, 0.717) is 5.88 Å². The lowest BCUT2D eigenvalue weighted by Gasteiger charge is -2.16. The van der Waals surface area contributed by atoms with E-state index in [0.717, 1.165) is 24.5 Å². The van der Waals surface area contributed by atoms with Crippen LogP contribution in [-0.2, 0) is 17.8 Å². The van der Waals surface area contributed by atoms with Crippen molar-refractivity contribution in [3.8, 4) is 16.3 Å². The van der Waals surface area contributed by atoms with E-state index in [1.165, 1.54) is 28.2 Å². The fourth-order valence-corrected chi connectivity index (χ4v) is 2.71. The Kier molecular flexibility index (Phi) is 2.82. The highest BCUT2D eigenvalue weighted by Crippen LogP contribution is 2.30. The fourth-order valence-electron chi connectivity index (χ4n) is 2.01. The summed E-state index contributed by atoms with van der Waals surface area (Å²) in [6.07, 6.45) is 0.999. The largest absolute Gasteiger partial charge is 0.480 e.